The van der Waals surface area contributed by atoms with Crippen molar-refractivity contribution >= 4 is 21.4 Å². The predicted octanol–water partition coefficient (Wildman–Crippen LogP) is 3.26. The molecule has 1 fully saturated rings. The molecule has 0 aliphatic carbocycles. The third-order valence-corrected chi connectivity index (χ3v) is 5.02. The van der Waals surface area contributed by atoms with E-state index < -0.39 is 0 Å². The average Bonchev–Trinajstić information content (AvgIpc) is 3.04. The van der Waals surface area contributed by atoms with Gasteiger partial charge in [0.25, 0.3) is 0 Å². The van der Waals surface area contributed by atoms with Crippen LogP contribution in [0.2, 0.25) is 0 Å². The van der Waals surface area contributed by atoms with Crippen LogP contribution >= 0.6 is 11.3 Å². The molecule has 3 rings (SSSR count). The normalized spacial score (nSPS) is 17.1. The molecule has 0 saturated carbocycles. The second kappa shape index (κ2) is 5.80. The molecule has 3 heterocycles. The molecule has 0 spiro atoms. The number of fused-ring (bicyclic) bond motifs is 1. The quantitative estimate of drug-likeness (QED) is 0.915. The Hall–Kier alpha value is -0.970. The van der Waals surface area contributed by atoms with E-state index in [1.807, 2.05) is 23.7 Å². The molecular formula is C16H23N3S. The highest BCUT2D eigenvalue weighted by atomic mass is 32.1. The van der Waals surface area contributed by atoms with Gasteiger partial charge in [0.1, 0.15) is 0 Å². The molecule has 1 aliphatic heterocycles. The first-order chi connectivity index (χ1) is 9.62. The summed E-state index contributed by atoms with van der Waals surface area (Å²) >= 11 is 1.84. The van der Waals surface area contributed by atoms with Gasteiger partial charge in [-0.15, -0.1) is 11.3 Å². The van der Waals surface area contributed by atoms with Crippen molar-refractivity contribution in [2.75, 3.05) is 19.6 Å². The van der Waals surface area contributed by atoms with Crippen LogP contribution in [-0.2, 0) is 6.54 Å². The number of hydrogen-bond acceptors (Lipinski definition) is 4. The van der Waals surface area contributed by atoms with Crippen LogP contribution in [0, 0.1) is 0 Å². The molecule has 108 valence electrons. The highest BCUT2D eigenvalue weighted by molar-refractivity contribution is 7.19. The molecule has 0 amide bonds. The number of aromatic nitrogens is 1. The predicted molar refractivity (Wildman–Crippen MR) is 86.2 cm³/mol. The minimum atomic E-state index is 0.165. The first-order valence-electron chi connectivity index (χ1n) is 7.42. The molecule has 0 atom stereocenters. The Bertz CT molecular complexity index is 537. The third kappa shape index (κ3) is 3.37. The molecule has 0 radical (unpaired) electrons. The largest absolute Gasteiger partial charge is 0.306 e. The minimum Gasteiger partial charge on any atom is -0.306 e. The van der Waals surface area contributed by atoms with E-state index in [1.165, 1.54) is 40.9 Å². The summed E-state index contributed by atoms with van der Waals surface area (Å²) in [6.45, 7) is 9.22. The third-order valence-electron chi connectivity index (χ3n) is 3.93. The van der Waals surface area contributed by atoms with Gasteiger partial charge in [0, 0.05) is 35.9 Å². The Morgan fingerprint density at radius 3 is 2.90 bits per heavy atom. The van der Waals surface area contributed by atoms with Crippen LogP contribution in [0.25, 0.3) is 10.1 Å². The molecule has 2 aromatic heterocycles. The first kappa shape index (κ1) is 14.0. The van der Waals surface area contributed by atoms with Gasteiger partial charge in [-0.25, -0.2) is 0 Å². The highest BCUT2D eigenvalue weighted by Gasteiger charge is 2.23. The lowest BCUT2D eigenvalue weighted by atomic mass is 10.1. The lowest BCUT2D eigenvalue weighted by Crippen LogP contribution is -2.47. The van der Waals surface area contributed by atoms with Gasteiger partial charge in [0.15, 0.2) is 0 Å². The standard InChI is InChI=1S/C16H23N3S/c1-16(2,12-19-7-3-4-8-19)18-10-14-9-13-5-6-17-11-15(13)20-14/h5-6,9,11,18H,3-4,7-8,10,12H2,1-2H3. The van der Waals surface area contributed by atoms with Gasteiger partial charge in [-0.2, -0.15) is 0 Å². The minimum absolute atomic E-state index is 0.165. The summed E-state index contributed by atoms with van der Waals surface area (Å²) in [6.07, 6.45) is 6.54. The fourth-order valence-corrected chi connectivity index (χ4v) is 3.88. The zero-order chi connectivity index (χ0) is 14.0. The van der Waals surface area contributed by atoms with Crippen molar-refractivity contribution < 1.29 is 0 Å². The molecule has 1 saturated heterocycles. The molecule has 20 heavy (non-hydrogen) atoms. The smallest absolute Gasteiger partial charge is 0.0529 e. The maximum atomic E-state index is 4.19. The molecule has 1 aliphatic rings. The fraction of sp³-hybridized carbons (Fsp3) is 0.562. The van der Waals surface area contributed by atoms with Gasteiger partial charge in [0.05, 0.1) is 4.70 Å². The van der Waals surface area contributed by atoms with Crippen molar-refractivity contribution in [1.29, 1.82) is 0 Å². The van der Waals surface area contributed by atoms with Crippen LogP contribution in [0.3, 0.4) is 0 Å². The monoisotopic (exact) mass is 289 g/mol. The summed E-state index contributed by atoms with van der Waals surface area (Å²) < 4.78 is 1.28. The van der Waals surface area contributed by atoms with E-state index in [-0.39, 0.29) is 5.54 Å². The van der Waals surface area contributed by atoms with Crippen molar-refractivity contribution in [2.45, 2.75) is 38.8 Å². The van der Waals surface area contributed by atoms with Crippen molar-refractivity contribution in [2.24, 2.45) is 0 Å². The number of hydrogen-bond donors (Lipinski definition) is 1. The highest BCUT2D eigenvalue weighted by Crippen LogP contribution is 2.25. The topological polar surface area (TPSA) is 28.2 Å². The summed E-state index contributed by atoms with van der Waals surface area (Å²) in [7, 11) is 0. The second-order valence-corrected chi connectivity index (χ2v) is 7.52. The maximum absolute atomic E-state index is 4.19. The molecule has 0 aromatic carbocycles. The summed E-state index contributed by atoms with van der Waals surface area (Å²) in [5, 5.41) is 5.02. The van der Waals surface area contributed by atoms with E-state index >= 15 is 0 Å². The van der Waals surface area contributed by atoms with Crippen molar-refractivity contribution in [3.05, 3.63) is 29.4 Å². The number of nitrogens with one attached hydrogen (secondary N) is 1. The van der Waals surface area contributed by atoms with Crippen LogP contribution in [0.15, 0.2) is 24.5 Å². The molecule has 3 nitrogen and oxygen atoms in total. The van der Waals surface area contributed by atoms with Crippen LogP contribution in [-0.4, -0.2) is 35.1 Å². The van der Waals surface area contributed by atoms with Gasteiger partial charge in [-0.05, 0) is 57.3 Å². The van der Waals surface area contributed by atoms with Gasteiger partial charge < -0.3 is 10.2 Å². The number of thiophene rings is 1. The van der Waals surface area contributed by atoms with Gasteiger partial charge in [-0.3, -0.25) is 4.98 Å². The Kier molecular flexibility index (Phi) is 4.06. The van der Waals surface area contributed by atoms with E-state index in [0.29, 0.717) is 0 Å². The maximum Gasteiger partial charge on any atom is 0.0529 e. The summed E-state index contributed by atoms with van der Waals surface area (Å²) in [4.78, 5) is 8.15. The van der Waals surface area contributed by atoms with Crippen LogP contribution in [0.4, 0.5) is 0 Å². The van der Waals surface area contributed by atoms with Crippen LogP contribution in [0.5, 0.6) is 0 Å². The Morgan fingerprint density at radius 1 is 1.35 bits per heavy atom. The summed E-state index contributed by atoms with van der Waals surface area (Å²) in [5.74, 6) is 0. The molecule has 1 N–H and O–H groups in total. The Morgan fingerprint density at radius 2 is 2.15 bits per heavy atom. The lowest BCUT2D eigenvalue weighted by Gasteiger charge is -2.31. The molecule has 2 aromatic rings. The van der Waals surface area contributed by atoms with Crippen molar-refractivity contribution in [3.8, 4) is 0 Å². The average molecular weight is 289 g/mol. The molecule has 0 unspecified atom stereocenters. The number of nitrogens with zero attached hydrogens (tertiary/aromatic N) is 2. The van der Waals surface area contributed by atoms with Gasteiger partial charge >= 0.3 is 0 Å². The Labute approximate surface area is 125 Å². The molecule has 0 bridgehead atoms. The van der Waals surface area contributed by atoms with Crippen LogP contribution < -0.4 is 5.32 Å². The first-order valence-corrected chi connectivity index (χ1v) is 8.24. The lowest BCUT2D eigenvalue weighted by molar-refractivity contribution is 0.234. The van der Waals surface area contributed by atoms with Gasteiger partial charge in [-0.1, -0.05) is 0 Å². The molecular weight excluding hydrogens is 266 g/mol. The summed E-state index contributed by atoms with van der Waals surface area (Å²) in [6, 6.07) is 4.37. The zero-order valence-electron chi connectivity index (χ0n) is 12.4. The van der Waals surface area contributed by atoms with E-state index in [4.69, 9.17) is 0 Å². The fourth-order valence-electron chi connectivity index (χ4n) is 2.91. The zero-order valence-corrected chi connectivity index (χ0v) is 13.2. The Balaban J connectivity index is 1.59. The van der Waals surface area contributed by atoms with E-state index in [1.54, 1.807) is 0 Å². The number of likely N-dealkylation sites (tertiary alicyclic amines) is 1. The summed E-state index contributed by atoms with van der Waals surface area (Å²) in [5.41, 5.74) is 0.165. The van der Waals surface area contributed by atoms with E-state index in [2.05, 4.69) is 41.2 Å². The SMILES string of the molecule is CC(C)(CN1CCCC1)NCc1cc2ccncc2s1. The van der Waals surface area contributed by atoms with Gasteiger partial charge in [0.2, 0.25) is 0 Å². The van der Waals surface area contributed by atoms with E-state index in [0.717, 1.165) is 13.1 Å². The molecule has 4 heteroatoms. The van der Waals surface area contributed by atoms with Crippen LogP contribution in [0.1, 0.15) is 31.6 Å². The number of rotatable bonds is 5. The number of pyridine rings is 1. The second-order valence-electron chi connectivity index (χ2n) is 6.35. The van der Waals surface area contributed by atoms with Crippen molar-refractivity contribution in [1.82, 2.24) is 15.2 Å². The van der Waals surface area contributed by atoms with E-state index in [9.17, 15) is 0 Å². The van der Waals surface area contributed by atoms with Crippen molar-refractivity contribution in [3.63, 3.8) is 0 Å².